The van der Waals surface area contributed by atoms with E-state index in [4.69, 9.17) is 9.72 Å². The largest absolute Gasteiger partial charge is 0.388 e. The minimum atomic E-state index is -0.992. The van der Waals surface area contributed by atoms with Crippen molar-refractivity contribution in [3.63, 3.8) is 0 Å². The highest BCUT2D eigenvalue weighted by Crippen LogP contribution is 2.23. The van der Waals surface area contributed by atoms with Crippen LogP contribution in [-0.4, -0.2) is 63.2 Å². The van der Waals surface area contributed by atoms with Gasteiger partial charge in [-0.15, -0.1) is 13.2 Å². The maximum Gasteiger partial charge on any atom is 0.274 e. The molecule has 2 aromatic rings. The Hall–Kier alpha value is -2.48. The van der Waals surface area contributed by atoms with Crippen molar-refractivity contribution in [3.8, 4) is 0 Å². The molecule has 1 amide bonds. The third kappa shape index (κ3) is 4.48. The number of aromatic nitrogens is 2. The van der Waals surface area contributed by atoms with Gasteiger partial charge in [-0.2, -0.15) is 0 Å². The highest BCUT2D eigenvalue weighted by molar-refractivity contribution is 5.94. The van der Waals surface area contributed by atoms with Crippen LogP contribution in [0.4, 0.5) is 0 Å². The van der Waals surface area contributed by atoms with Crippen molar-refractivity contribution in [1.29, 1.82) is 0 Å². The molecule has 2 aromatic heterocycles. The predicted molar refractivity (Wildman–Crippen MR) is 118 cm³/mol. The lowest BCUT2D eigenvalue weighted by atomic mass is 9.88. The van der Waals surface area contributed by atoms with E-state index in [-0.39, 0.29) is 11.9 Å². The molecular weight excluding hydrogens is 380 g/mol. The van der Waals surface area contributed by atoms with Gasteiger partial charge in [-0.1, -0.05) is 18.2 Å². The van der Waals surface area contributed by atoms with Gasteiger partial charge in [0.1, 0.15) is 5.65 Å². The van der Waals surface area contributed by atoms with Gasteiger partial charge >= 0.3 is 0 Å². The van der Waals surface area contributed by atoms with Gasteiger partial charge in [-0.05, 0) is 38.3 Å². The van der Waals surface area contributed by atoms with Crippen LogP contribution in [-0.2, 0) is 11.3 Å². The SMILES string of the molecule is C=CCC(O)(CC=C)[C@H](C)NCc1c(C(=O)N2CCOCC2)nc2c(C)cccn12. The van der Waals surface area contributed by atoms with E-state index in [0.29, 0.717) is 51.4 Å². The number of hydrogen-bond acceptors (Lipinski definition) is 5. The summed E-state index contributed by atoms with van der Waals surface area (Å²) in [6, 6.07) is 3.69. The zero-order valence-electron chi connectivity index (χ0n) is 17.9. The number of nitrogens with one attached hydrogen (secondary N) is 1. The molecular formula is C23H32N4O3. The lowest BCUT2D eigenvalue weighted by molar-refractivity contribution is 0.0120. The molecule has 0 aliphatic carbocycles. The first-order valence-corrected chi connectivity index (χ1v) is 10.4. The number of hydrogen-bond donors (Lipinski definition) is 2. The summed E-state index contributed by atoms with van der Waals surface area (Å²) >= 11 is 0. The molecule has 162 valence electrons. The maximum atomic E-state index is 13.2. The first kappa shape index (κ1) is 22.2. The van der Waals surface area contributed by atoms with Crippen LogP contribution in [0.2, 0.25) is 0 Å². The molecule has 7 heteroatoms. The second kappa shape index (κ2) is 9.55. The average Bonchev–Trinajstić information content (AvgIpc) is 3.12. The van der Waals surface area contributed by atoms with Crippen LogP contribution < -0.4 is 5.32 Å². The summed E-state index contributed by atoms with van der Waals surface area (Å²) in [6.07, 6.45) is 6.24. The van der Waals surface area contributed by atoms with E-state index in [9.17, 15) is 9.90 Å². The third-order valence-electron chi connectivity index (χ3n) is 5.82. The molecule has 0 saturated carbocycles. The topological polar surface area (TPSA) is 79.1 Å². The van der Waals surface area contributed by atoms with Gasteiger partial charge in [0.15, 0.2) is 5.69 Å². The van der Waals surface area contributed by atoms with Gasteiger partial charge in [0.05, 0.1) is 24.5 Å². The van der Waals surface area contributed by atoms with E-state index < -0.39 is 5.60 Å². The molecule has 1 fully saturated rings. The Morgan fingerprint density at radius 1 is 1.37 bits per heavy atom. The molecule has 0 unspecified atom stereocenters. The van der Waals surface area contributed by atoms with Crippen LogP contribution in [0.1, 0.15) is 41.5 Å². The maximum absolute atomic E-state index is 13.2. The fourth-order valence-electron chi connectivity index (χ4n) is 3.89. The normalized spacial score (nSPS) is 15.9. The molecule has 0 radical (unpaired) electrons. The molecule has 0 bridgehead atoms. The summed E-state index contributed by atoms with van der Waals surface area (Å²) in [7, 11) is 0. The minimum Gasteiger partial charge on any atom is -0.388 e. The number of carbonyl (C=O) groups excluding carboxylic acids is 1. The molecule has 1 aliphatic rings. The van der Waals surface area contributed by atoms with Crippen molar-refractivity contribution in [3.05, 3.63) is 60.6 Å². The van der Waals surface area contributed by atoms with E-state index in [1.54, 1.807) is 17.1 Å². The first-order valence-electron chi connectivity index (χ1n) is 10.4. The number of aliphatic hydroxyl groups is 1. The zero-order chi connectivity index (χ0) is 21.7. The van der Waals surface area contributed by atoms with E-state index in [2.05, 4.69) is 18.5 Å². The van der Waals surface area contributed by atoms with Crippen molar-refractivity contribution < 1.29 is 14.6 Å². The first-order chi connectivity index (χ1) is 14.4. The highest BCUT2D eigenvalue weighted by atomic mass is 16.5. The summed E-state index contributed by atoms with van der Waals surface area (Å²) < 4.78 is 7.34. The van der Waals surface area contributed by atoms with Gasteiger partial charge in [0.2, 0.25) is 0 Å². The van der Waals surface area contributed by atoms with E-state index in [1.165, 1.54) is 0 Å². The number of aryl methyl sites for hydroxylation is 1. The summed E-state index contributed by atoms with van der Waals surface area (Å²) in [5, 5.41) is 14.4. The van der Waals surface area contributed by atoms with E-state index in [1.807, 2.05) is 36.6 Å². The second-order valence-corrected chi connectivity index (χ2v) is 7.89. The molecule has 3 heterocycles. The summed E-state index contributed by atoms with van der Waals surface area (Å²) in [5.74, 6) is -0.0849. The number of imidazole rings is 1. The van der Waals surface area contributed by atoms with Crippen molar-refractivity contribution in [2.24, 2.45) is 0 Å². The Balaban J connectivity index is 1.91. The lowest BCUT2D eigenvalue weighted by Gasteiger charge is -2.33. The Bertz CT molecular complexity index is 905. The smallest absolute Gasteiger partial charge is 0.274 e. The number of carbonyl (C=O) groups is 1. The second-order valence-electron chi connectivity index (χ2n) is 7.89. The Morgan fingerprint density at radius 2 is 2.03 bits per heavy atom. The van der Waals surface area contributed by atoms with Crippen LogP contribution in [0.5, 0.6) is 0 Å². The summed E-state index contributed by atoms with van der Waals surface area (Å²) in [6.45, 7) is 14.1. The fourth-order valence-corrected chi connectivity index (χ4v) is 3.89. The quantitative estimate of drug-likeness (QED) is 0.619. The molecule has 0 spiro atoms. The van der Waals surface area contributed by atoms with Gasteiger partial charge in [-0.25, -0.2) is 4.98 Å². The molecule has 1 atom stereocenters. The van der Waals surface area contributed by atoms with Crippen LogP contribution in [0, 0.1) is 6.92 Å². The summed E-state index contributed by atoms with van der Waals surface area (Å²) in [5.41, 5.74) is 2.01. The highest BCUT2D eigenvalue weighted by Gasteiger charge is 2.32. The van der Waals surface area contributed by atoms with Gasteiger partial charge in [0, 0.05) is 31.9 Å². The lowest BCUT2D eigenvalue weighted by Crippen LogP contribution is -2.48. The number of rotatable bonds is 9. The van der Waals surface area contributed by atoms with Gasteiger partial charge in [-0.3, -0.25) is 4.79 Å². The number of fused-ring (bicyclic) bond motifs is 1. The third-order valence-corrected chi connectivity index (χ3v) is 5.82. The average molecular weight is 413 g/mol. The van der Waals surface area contributed by atoms with Crippen molar-refractivity contribution in [1.82, 2.24) is 19.6 Å². The van der Waals surface area contributed by atoms with Crippen LogP contribution in [0.25, 0.3) is 5.65 Å². The Kier molecular flexibility index (Phi) is 7.07. The zero-order valence-corrected chi connectivity index (χ0v) is 17.9. The van der Waals surface area contributed by atoms with Crippen LogP contribution in [0.3, 0.4) is 0 Å². The van der Waals surface area contributed by atoms with Gasteiger partial charge < -0.3 is 24.5 Å². The van der Waals surface area contributed by atoms with Gasteiger partial charge in [0.25, 0.3) is 5.91 Å². The number of nitrogens with zero attached hydrogens (tertiary/aromatic N) is 3. The van der Waals surface area contributed by atoms with Crippen molar-refractivity contribution in [2.45, 2.75) is 44.9 Å². The Labute approximate surface area is 178 Å². The molecule has 30 heavy (non-hydrogen) atoms. The van der Waals surface area contributed by atoms with Crippen LogP contribution in [0.15, 0.2) is 43.6 Å². The Morgan fingerprint density at radius 3 is 2.67 bits per heavy atom. The predicted octanol–water partition coefficient (Wildman–Crippen LogP) is 2.48. The summed E-state index contributed by atoms with van der Waals surface area (Å²) in [4.78, 5) is 19.7. The molecule has 1 saturated heterocycles. The fraction of sp³-hybridized carbons (Fsp3) is 0.478. The minimum absolute atomic E-state index is 0.0849. The number of amides is 1. The van der Waals surface area contributed by atoms with E-state index in [0.717, 1.165) is 16.9 Å². The number of morpholine rings is 1. The van der Waals surface area contributed by atoms with Crippen molar-refractivity contribution >= 4 is 11.6 Å². The molecule has 0 aromatic carbocycles. The van der Waals surface area contributed by atoms with E-state index >= 15 is 0 Å². The standard InChI is InChI=1S/C23H32N4O3/c1-5-9-23(29,10-6-2)18(4)24-16-19-20(22(28)26-12-14-30-15-13-26)25-21-17(3)8-7-11-27(19)21/h5-8,11,18,24,29H,1-2,9-10,12-16H2,3-4H3/t18-/m0/s1. The molecule has 3 rings (SSSR count). The number of pyridine rings is 1. The molecule has 7 nitrogen and oxygen atoms in total. The molecule has 1 aliphatic heterocycles. The van der Waals surface area contributed by atoms with Crippen LogP contribution >= 0.6 is 0 Å². The number of ether oxygens (including phenoxy) is 1. The monoisotopic (exact) mass is 412 g/mol. The van der Waals surface area contributed by atoms with Crippen molar-refractivity contribution in [2.75, 3.05) is 26.3 Å². The molecule has 2 N–H and O–H groups in total.